The van der Waals surface area contributed by atoms with E-state index in [0.717, 1.165) is 3.61 Å². The molecule has 1 saturated heterocycles. The Hall–Kier alpha value is -0.190. The van der Waals surface area contributed by atoms with Gasteiger partial charge in [-0.2, -0.15) is 0 Å². The number of benzene rings is 1. The number of aliphatic hydroxyl groups is 4. The molecular weight excluding hydrogens is 352 g/mol. The van der Waals surface area contributed by atoms with E-state index in [2.05, 4.69) is 0 Å². The zero-order valence-corrected chi connectivity index (χ0v) is 11.9. The summed E-state index contributed by atoms with van der Waals surface area (Å²) in [5.74, 6) is 0. The molecule has 1 heterocycles. The fourth-order valence-electron chi connectivity index (χ4n) is 1.80. The second kappa shape index (κ2) is 6.31. The third kappa shape index (κ3) is 3.03. The van der Waals surface area contributed by atoms with Crippen molar-refractivity contribution >= 4 is 24.5 Å². The minimum atomic E-state index is -1.27. The van der Waals surface area contributed by atoms with Crippen LogP contribution in [0, 0.1) is 0 Å². The van der Waals surface area contributed by atoms with Crippen molar-refractivity contribution in [1.82, 2.24) is 0 Å². The summed E-state index contributed by atoms with van der Waals surface area (Å²) >= 11 is -0.867. The van der Waals surface area contributed by atoms with Crippen LogP contribution in [-0.4, -0.2) is 76.5 Å². The first kappa shape index (κ1) is 14.2. The number of hydrogen-bond donors (Lipinski definition) is 4. The molecule has 0 spiro atoms. The number of ether oxygens (including phenoxy) is 1. The predicted octanol–water partition coefficient (Wildman–Crippen LogP) is -2.18. The molecule has 2 rings (SSSR count). The summed E-state index contributed by atoms with van der Waals surface area (Å²) in [4.78, 5) is 0. The van der Waals surface area contributed by atoms with Crippen LogP contribution < -0.4 is 3.61 Å². The second-order valence-electron chi connectivity index (χ2n) is 4.13. The van der Waals surface area contributed by atoms with Gasteiger partial charge in [-0.3, -0.25) is 0 Å². The molecule has 100 valence electrons. The Labute approximate surface area is 115 Å². The SMILES string of the molecule is OC[C@H]1O[C@@H]([Te]c2ccccc2)[C@H](O)[C@@H](O)[C@@H]1O. The quantitative estimate of drug-likeness (QED) is 0.456. The van der Waals surface area contributed by atoms with Gasteiger partial charge in [-0.15, -0.1) is 0 Å². The summed E-state index contributed by atoms with van der Waals surface area (Å²) in [5.41, 5.74) is 0. The molecule has 1 aliphatic heterocycles. The van der Waals surface area contributed by atoms with Gasteiger partial charge in [0.25, 0.3) is 0 Å². The molecule has 1 aliphatic rings. The van der Waals surface area contributed by atoms with Crippen molar-refractivity contribution in [3.8, 4) is 0 Å². The Morgan fingerprint density at radius 2 is 1.67 bits per heavy atom. The van der Waals surface area contributed by atoms with Gasteiger partial charge in [-0.1, -0.05) is 0 Å². The molecule has 1 aromatic rings. The molecule has 5 atom stereocenters. The van der Waals surface area contributed by atoms with E-state index < -0.39 is 49.5 Å². The van der Waals surface area contributed by atoms with Crippen molar-refractivity contribution in [3.05, 3.63) is 30.3 Å². The molecular formula is C12H16O5Te. The average molecular weight is 368 g/mol. The fourth-order valence-corrected chi connectivity index (χ4v) is 4.88. The van der Waals surface area contributed by atoms with Crippen molar-refractivity contribution in [2.24, 2.45) is 0 Å². The molecule has 0 saturated carbocycles. The summed E-state index contributed by atoms with van der Waals surface area (Å²) in [6.45, 7) is -0.372. The summed E-state index contributed by atoms with van der Waals surface area (Å²) in [6, 6.07) is 9.62. The van der Waals surface area contributed by atoms with Gasteiger partial charge in [0.05, 0.1) is 0 Å². The van der Waals surface area contributed by atoms with E-state index in [1.807, 2.05) is 30.3 Å². The van der Waals surface area contributed by atoms with E-state index in [1.54, 1.807) is 0 Å². The maximum absolute atomic E-state index is 9.90. The zero-order valence-electron chi connectivity index (χ0n) is 9.59. The topological polar surface area (TPSA) is 90.2 Å². The first-order valence-corrected chi connectivity index (χ1v) is 8.16. The molecule has 0 bridgehead atoms. The number of aliphatic hydroxyl groups excluding tert-OH is 4. The van der Waals surface area contributed by atoms with Crippen LogP contribution in [0.5, 0.6) is 0 Å². The first-order chi connectivity index (χ1) is 8.63. The predicted molar refractivity (Wildman–Crippen MR) is 65.6 cm³/mol. The van der Waals surface area contributed by atoms with Crippen LogP contribution in [-0.2, 0) is 4.74 Å². The Kier molecular flexibility index (Phi) is 4.98. The van der Waals surface area contributed by atoms with E-state index in [4.69, 9.17) is 9.84 Å². The molecule has 0 unspecified atom stereocenters. The summed E-state index contributed by atoms with van der Waals surface area (Å²) in [5, 5.41) is 38.3. The van der Waals surface area contributed by atoms with Gasteiger partial charge in [0, 0.05) is 0 Å². The monoisotopic (exact) mass is 370 g/mol. The summed E-state index contributed by atoms with van der Waals surface area (Å²) in [6.07, 6.45) is -4.45. The number of hydrogen-bond acceptors (Lipinski definition) is 5. The van der Waals surface area contributed by atoms with E-state index in [-0.39, 0.29) is 6.61 Å². The van der Waals surface area contributed by atoms with Gasteiger partial charge in [-0.25, -0.2) is 0 Å². The van der Waals surface area contributed by atoms with Crippen molar-refractivity contribution in [2.75, 3.05) is 6.61 Å². The third-order valence-electron chi connectivity index (χ3n) is 2.84. The Bertz CT molecular complexity index is 372. The molecule has 0 aliphatic carbocycles. The maximum atomic E-state index is 9.90. The van der Waals surface area contributed by atoms with Crippen molar-refractivity contribution in [1.29, 1.82) is 0 Å². The molecule has 1 aromatic carbocycles. The summed E-state index contributed by atoms with van der Waals surface area (Å²) in [7, 11) is 0. The minimum absolute atomic E-state index is 0.372. The standard InChI is InChI=1S/C12H16O5Te/c13-6-8-9(14)10(15)11(16)12(17-8)18-7-4-2-1-3-5-7/h1-5,8-16H,6H2/t8-,9-,10+,11-,12+/m1/s1. The van der Waals surface area contributed by atoms with Crippen molar-refractivity contribution < 1.29 is 25.2 Å². The molecule has 0 aromatic heterocycles. The normalized spacial score (nSPS) is 36.6. The second-order valence-corrected chi connectivity index (χ2v) is 7.47. The van der Waals surface area contributed by atoms with Crippen molar-refractivity contribution in [2.45, 2.75) is 28.6 Å². The van der Waals surface area contributed by atoms with E-state index >= 15 is 0 Å². The van der Waals surface area contributed by atoms with Gasteiger partial charge in [-0.05, 0) is 0 Å². The molecule has 0 radical (unpaired) electrons. The Morgan fingerprint density at radius 3 is 2.28 bits per heavy atom. The van der Waals surface area contributed by atoms with Crippen LogP contribution in [0.15, 0.2) is 30.3 Å². The molecule has 5 nitrogen and oxygen atoms in total. The zero-order chi connectivity index (χ0) is 13.1. The van der Waals surface area contributed by atoms with E-state index in [0.29, 0.717) is 0 Å². The van der Waals surface area contributed by atoms with Crippen LogP contribution in [0.4, 0.5) is 0 Å². The van der Waals surface area contributed by atoms with Gasteiger partial charge in [0.2, 0.25) is 0 Å². The van der Waals surface area contributed by atoms with Crippen molar-refractivity contribution in [3.63, 3.8) is 0 Å². The first-order valence-electron chi connectivity index (χ1n) is 5.65. The van der Waals surface area contributed by atoms with Gasteiger partial charge in [0.1, 0.15) is 0 Å². The van der Waals surface area contributed by atoms with Crippen LogP contribution >= 0.6 is 0 Å². The average Bonchev–Trinajstić information content (AvgIpc) is 2.40. The Balaban J connectivity index is 2.08. The molecule has 4 N–H and O–H groups in total. The van der Waals surface area contributed by atoms with Gasteiger partial charge in [0.15, 0.2) is 0 Å². The molecule has 1 fully saturated rings. The Morgan fingerprint density at radius 1 is 1.00 bits per heavy atom. The van der Waals surface area contributed by atoms with Crippen LogP contribution in [0.3, 0.4) is 0 Å². The third-order valence-corrected chi connectivity index (χ3v) is 6.17. The number of rotatable bonds is 3. The molecule has 0 amide bonds. The van der Waals surface area contributed by atoms with Crippen LogP contribution in [0.2, 0.25) is 0 Å². The molecule has 18 heavy (non-hydrogen) atoms. The van der Waals surface area contributed by atoms with E-state index in [9.17, 15) is 15.3 Å². The van der Waals surface area contributed by atoms with Crippen LogP contribution in [0.25, 0.3) is 0 Å². The summed E-state index contributed by atoms with van der Waals surface area (Å²) < 4.78 is 6.07. The van der Waals surface area contributed by atoms with E-state index in [1.165, 1.54) is 0 Å². The van der Waals surface area contributed by atoms with Crippen LogP contribution in [0.1, 0.15) is 0 Å². The van der Waals surface area contributed by atoms with Gasteiger partial charge < -0.3 is 0 Å². The van der Waals surface area contributed by atoms with Gasteiger partial charge >= 0.3 is 115 Å². The molecule has 6 heteroatoms. The fraction of sp³-hybridized carbons (Fsp3) is 0.500.